The molecule has 0 radical (unpaired) electrons. The van der Waals surface area contributed by atoms with E-state index in [1.165, 1.54) is 32.2 Å². The van der Waals surface area contributed by atoms with Crippen LogP contribution in [-0.2, 0) is 19.9 Å². The van der Waals surface area contributed by atoms with Crippen molar-refractivity contribution in [2.45, 2.75) is 12.5 Å². The van der Waals surface area contributed by atoms with Gasteiger partial charge in [0.05, 0.1) is 0 Å². The van der Waals surface area contributed by atoms with Gasteiger partial charge in [0.2, 0.25) is 6.41 Å². The van der Waals surface area contributed by atoms with Crippen LogP contribution in [0.15, 0.2) is 24.3 Å². The fourth-order valence-corrected chi connectivity index (χ4v) is 1.39. The zero-order chi connectivity index (χ0) is 12.9. The molecule has 92 valence electrons. The summed E-state index contributed by atoms with van der Waals surface area (Å²) in [5.74, 6) is -1.23. The van der Waals surface area contributed by atoms with E-state index in [9.17, 15) is 14.0 Å². The summed E-state index contributed by atoms with van der Waals surface area (Å²) in [5, 5.41) is 0. The van der Waals surface area contributed by atoms with Gasteiger partial charge >= 0.3 is 0 Å². The summed E-state index contributed by atoms with van der Waals surface area (Å²) in [5.41, 5.74) is 2.67. The molecule has 0 fully saturated rings. The molecule has 1 atom stereocenters. The van der Waals surface area contributed by atoms with E-state index in [0.29, 0.717) is 6.41 Å². The molecule has 2 amide bonds. The van der Waals surface area contributed by atoms with Gasteiger partial charge in [-0.2, -0.15) is 0 Å². The van der Waals surface area contributed by atoms with Crippen molar-refractivity contribution in [3.05, 3.63) is 35.6 Å². The van der Waals surface area contributed by atoms with E-state index >= 15 is 0 Å². The topological polar surface area (TPSA) is 67.4 Å². The van der Waals surface area contributed by atoms with E-state index < -0.39 is 17.3 Å². The summed E-state index contributed by atoms with van der Waals surface area (Å²) in [4.78, 5) is 21.9. The van der Waals surface area contributed by atoms with Crippen LogP contribution < -0.4 is 10.9 Å². The van der Waals surface area contributed by atoms with Crippen molar-refractivity contribution in [2.24, 2.45) is 0 Å². The standard InChI is InChI=1S/C11H13FN2O3/c1-11(17-2,10(16)14-13-7-15)8-5-3-4-6-9(8)12/h3-7H,1-2H3,(H,13,15)(H,14,16)/t11-/m1/s1. The van der Waals surface area contributed by atoms with Crippen LogP contribution in [0, 0.1) is 5.82 Å². The molecule has 0 saturated heterocycles. The molecule has 17 heavy (non-hydrogen) atoms. The lowest BCUT2D eigenvalue weighted by Crippen LogP contribution is -2.49. The lowest BCUT2D eigenvalue weighted by atomic mass is 9.94. The van der Waals surface area contributed by atoms with Crippen molar-refractivity contribution in [1.82, 2.24) is 10.9 Å². The lowest BCUT2D eigenvalue weighted by molar-refractivity contribution is -0.145. The zero-order valence-corrected chi connectivity index (χ0v) is 9.49. The summed E-state index contributed by atoms with van der Waals surface area (Å²) in [6.07, 6.45) is 0.301. The number of ether oxygens (including phenoxy) is 1. The molecule has 0 aliphatic rings. The number of benzene rings is 1. The third kappa shape index (κ3) is 2.59. The number of halogens is 1. The first-order valence-corrected chi connectivity index (χ1v) is 4.86. The smallest absolute Gasteiger partial charge is 0.275 e. The largest absolute Gasteiger partial charge is 0.364 e. The molecule has 0 saturated carbocycles. The second-order valence-electron chi connectivity index (χ2n) is 3.43. The minimum absolute atomic E-state index is 0.0905. The molecule has 0 unspecified atom stereocenters. The van der Waals surface area contributed by atoms with Crippen molar-refractivity contribution in [3.63, 3.8) is 0 Å². The van der Waals surface area contributed by atoms with E-state index in [-0.39, 0.29) is 5.56 Å². The summed E-state index contributed by atoms with van der Waals surface area (Å²) >= 11 is 0. The van der Waals surface area contributed by atoms with E-state index in [1.54, 1.807) is 6.07 Å². The molecule has 0 heterocycles. The maximum Gasteiger partial charge on any atom is 0.275 e. The quantitative estimate of drug-likeness (QED) is 0.580. The number of hydrogen-bond donors (Lipinski definition) is 2. The third-order valence-corrected chi connectivity index (χ3v) is 2.47. The average molecular weight is 240 g/mol. The van der Waals surface area contributed by atoms with Gasteiger partial charge < -0.3 is 4.74 Å². The van der Waals surface area contributed by atoms with E-state index in [0.717, 1.165) is 0 Å². The number of carbonyl (C=O) groups is 2. The predicted molar refractivity (Wildman–Crippen MR) is 58.1 cm³/mol. The van der Waals surface area contributed by atoms with Gasteiger partial charge in [-0.05, 0) is 13.0 Å². The van der Waals surface area contributed by atoms with Crippen molar-refractivity contribution in [1.29, 1.82) is 0 Å². The van der Waals surface area contributed by atoms with Crippen LogP contribution in [0.1, 0.15) is 12.5 Å². The van der Waals surface area contributed by atoms with Crippen molar-refractivity contribution in [3.8, 4) is 0 Å². The second-order valence-corrected chi connectivity index (χ2v) is 3.43. The van der Waals surface area contributed by atoms with Crippen LogP contribution in [0.25, 0.3) is 0 Å². The zero-order valence-electron chi connectivity index (χ0n) is 9.49. The molecule has 1 aromatic carbocycles. The highest BCUT2D eigenvalue weighted by molar-refractivity contribution is 5.86. The highest BCUT2D eigenvalue weighted by Gasteiger charge is 2.37. The highest BCUT2D eigenvalue weighted by Crippen LogP contribution is 2.26. The molecule has 1 aromatic rings. The Balaban J connectivity index is 3.07. The summed E-state index contributed by atoms with van der Waals surface area (Å²) in [6, 6.07) is 5.78. The van der Waals surface area contributed by atoms with Gasteiger partial charge in [-0.3, -0.25) is 20.4 Å². The Hall–Kier alpha value is -1.95. The number of carbonyl (C=O) groups excluding carboxylic acids is 2. The number of hydrogen-bond acceptors (Lipinski definition) is 3. The molecule has 2 N–H and O–H groups in total. The van der Waals surface area contributed by atoms with Gasteiger partial charge in [-0.25, -0.2) is 4.39 Å². The Labute approximate surface area is 97.9 Å². The second kappa shape index (κ2) is 5.40. The summed E-state index contributed by atoms with van der Waals surface area (Å²) in [7, 11) is 1.28. The fourth-order valence-electron chi connectivity index (χ4n) is 1.39. The molecule has 0 aliphatic carbocycles. The van der Waals surface area contributed by atoms with Gasteiger partial charge in [-0.15, -0.1) is 0 Å². The Bertz CT molecular complexity index is 425. The number of methoxy groups -OCH3 is 1. The lowest BCUT2D eigenvalue weighted by Gasteiger charge is -2.27. The van der Waals surface area contributed by atoms with Crippen LogP contribution in [-0.4, -0.2) is 19.4 Å². The van der Waals surface area contributed by atoms with Crippen LogP contribution in [0.4, 0.5) is 4.39 Å². The van der Waals surface area contributed by atoms with Gasteiger partial charge in [0, 0.05) is 12.7 Å². The normalized spacial score (nSPS) is 13.6. The molecule has 0 aliphatic heterocycles. The molecular formula is C11H13FN2O3. The molecule has 6 heteroatoms. The maximum atomic E-state index is 13.6. The molecule has 1 rings (SSSR count). The van der Waals surface area contributed by atoms with E-state index in [4.69, 9.17) is 4.74 Å². The van der Waals surface area contributed by atoms with E-state index in [2.05, 4.69) is 5.43 Å². The molecule has 0 bridgehead atoms. The van der Waals surface area contributed by atoms with Crippen LogP contribution >= 0.6 is 0 Å². The predicted octanol–water partition coefficient (Wildman–Crippen LogP) is 0.465. The van der Waals surface area contributed by atoms with Crippen LogP contribution in [0.3, 0.4) is 0 Å². The van der Waals surface area contributed by atoms with Gasteiger partial charge in [0.15, 0.2) is 5.60 Å². The fraction of sp³-hybridized carbons (Fsp3) is 0.273. The van der Waals surface area contributed by atoms with Crippen LogP contribution in [0.5, 0.6) is 0 Å². The minimum Gasteiger partial charge on any atom is -0.364 e. The Morgan fingerprint density at radius 1 is 1.47 bits per heavy atom. The first-order valence-electron chi connectivity index (χ1n) is 4.86. The highest BCUT2D eigenvalue weighted by atomic mass is 19.1. The molecule has 5 nitrogen and oxygen atoms in total. The van der Waals surface area contributed by atoms with Gasteiger partial charge in [0.1, 0.15) is 5.82 Å². The first-order chi connectivity index (χ1) is 8.06. The van der Waals surface area contributed by atoms with E-state index in [1.807, 2.05) is 5.43 Å². The number of amides is 2. The first kappa shape index (κ1) is 13.1. The number of hydrazine groups is 1. The Morgan fingerprint density at radius 3 is 2.65 bits per heavy atom. The molecular weight excluding hydrogens is 227 g/mol. The Morgan fingerprint density at radius 2 is 2.12 bits per heavy atom. The summed E-state index contributed by atoms with van der Waals surface area (Å²) < 4.78 is 18.7. The minimum atomic E-state index is -1.51. The van der Waals surface area contributed by atoms with Crippen molar-refractivity contribution < 1.29 is 18.7 Å². The van der Waals surface area contributed by atoms with Crippen LogP contribution in [0.2, 0.25) is 0 Å². The monoisotopic (exact) mass is 240 g/mol. The Kier molecular flexibility index (Phi) is 4.17. The third-order valence-electron chi connectivity index (χ3n) is 2.47. The number of nitrogens with one attached hydrogen (secondary N) is 2. The number of rotatable bonds is 5. The van der Waals surface area contributed by atoms with Gasteiger partial charge in [-0.1, -0.05) is 18.2 Å². The molecule has 0 aromatic heterocycles. The van der Waals surface area contributed by atoms with Gasteiger partial charge in [0.25, 0.3) is 5.91 Å². The average Bonchev–Trinajstić information content (AvgIpc) is 2.35. The SMILES string of the molecule is CO[C@@](C)(C(=O)NNC=O)c1ccccc1F. The summed E-state index contributed by atoms with van der Waals surface area (Å²) in [6.45, 7) is 1.41. The molecule has 0 spiro atoms. The van der Waals surface area contributed by atoms with Crippen molar-refractivity contribution in [2.75, 3.05) is 7.11 Å². The maximum absolute atomic E-state index is 13.6. The van der Waals surface area contributed by atoms with Crippen molar-refractivity contribution >= 4 is 12.3 Å².